The zero-order valence-electron chi connectivity index (χ0n) is 18.5. The second-order valence-corrected chi connectivity index (χ2v) is 9.50. The minimum absolute atomic E-state index is 0.0564. The van der Waals surface area contributed by atoms with Crippen molar-refractivity contribution >= 4 is 23.2 Å². The van der Waals surface area contributed by atoms with E-state index in [4.69, 9.17) is 4.74 Å². The number of fused-ring (bicyclic) bond motifs is 1. The Labute approximate surface area is 199 Å². The molecule has 1 aromatic heterocycles. The lowest BCUT2D eigenvalue weighted by Gasteiger charge is -2.41. The summed E-state index contributed by atoms with van der Waals surface area (Å²) < 4.78 is 45.6. The van der Waals surface area contributed by atoms with Crippen molar-refractivity contribution in [1.82, 2.24) is 15.2 Å². The molecule has 2 atom stereocenters. The van der Waals surface area contributed by atoms with Crippen LogP contribution in [0.25, 0.3) is 0 Å². The van der Waals surface area contributed by atoms with Gasteiger partial charge in [-0.3, -0.25) is 9.59 Å². The van der Waals surface area contributed by atoms with Crippen LogP contribution in [-0.4, -0.2) is 47.8 Å². The third kappa shape index (κ3) is 6.62. The van der Waals surface area contributed by atoms with E-state index in [1.165, 1.54) is 49.2 Å². The Morgan fingerprint density at radius 3 is 2.53 bits per heavy atom. The van der Waals surface area contributed by atoms with Crippen molar-refractivity contribution in [1.29, 1.82) is 0 Å². The number of benzene rings is 1. The van der Waals surface area contributed by atoms with Crippen LogP contribution in [0.2, 0.25) is 0 Å². The van der Waals surface area contributed by atoms with Gasteiger partial charge in [-0.1, -0.05) is 19.3 Å². The molecule has 2 fully saturated rings. The first-order valence-corrected chi connectivity index (χ1v) is 12.1. The van der Waals surface area contributed by atoms with Gasteiger partial charge in [0.05, 0.1) is 6.54 Å². The van der Waals surface area contributed by atoms with Crippen molar-refractivity contribution < 1.29 is 32.2 Å². The van der Waals surface area contributed by atoms with Gasteiger partial charge in [0.2, 0.25) is 0 Å². The molecule has 0 spiro atoms. The Bertz CT molecular complexity index is 996. The number of thiazole rings is 1. The lowest BCUT2D eigenvalue weighted by Crippen LogP contribution is -2.44. The molecule has 1 aliphatic heterocycles. The van der Waals surface area contributed by atoms with Gasteiger partial charge >= 0.3 is 6.36 Å². The summed E-state index contributed by atoms with van der Waals surface area (Å²) in [5.74, 6) is 0.719. The Kier molecular flexibility index (Phi) is 7.60. The number of carbonyl (C=O) groups is 2. The highest BCUT2D eigenvalue weighted by Gasteiger charge is 2.34. The summed E-state index contributed by atoms with van der Waals surface area (Å²) >= 11 is 1.31. The average molecular weight is 498 g/mol. The number of aromatic nitrogens is 1. The molecule has 2 aliphatic rings. The van der Waals surface area contributed by atoms with Crippen LogP contribution in [0.1, 0.15) is 47.6 Å². The maximum atomic E-state index is 12.9. The van der Waals surface area contributed by atoms with E-state index in [-0.39, 0.29) is 30.6 Å². The number of hydrogen-bond acceptors (Lipinski definition) is 6. The molecule has 2 heterocycles. The number of nitrogens with zero attached hydrogens (tertiary/aromatic N) is 2. The molecular formula is C23H26F3N3O4S. The van der Waals surface area contributed by atoms with Gasteiger partial charge in [0.1, 0.15) is 22.2 Å². The number of carbonyl (C=O) groups excluding carboxylic acids is 2. The second-order valence-electron chi connectivity index (χ2n) is 8.56. The minimum Gasteiger partial charge on any atom is -0.484 e. The lowest BCUT2D eigenvalue weighted by atomic mass is 9.75. The zero-order chi connectivity index (χ0) is 24.1. The molecule has 0 radical (unpaired) electrons. The van der Waals surface area contributed by atoms with Crippen molar-refractivity contribution in [3.05, 3.63) is 40.3 Å². The first kappa shape index (κ1) is 24.3. The number of piperidine rings is 1. The highest BCUT2D eigenvalue weighted by molar-refractivity contribution is 7.09. The normalized spacial score (nSPS) is 20.4. The van der Waals surface area contributed by atoms with Crippen molar-refractivity contribution in [2.45, 2.75) is 45.0 Å². The van der Waals surface area contributed by atoms with Crippen LogP contribution in [0, 0.1) is 11.8 Å². The largest absolute Gasteiger partial charge is 0.573 e. The third-order valence-electron chi connectivity index (χ3n) is 6.21. The van der Waals surface area contributed by atoms with E-state index in [2.05, 4.69) is 15.0 Å². The van der Waals surface area contributed by atoms with Crippen LogP contribution < -0.4 is 14.8 Å². The minimum atomic E-state index is -4.77. The van der Waals surface area contributed by atoms with E-state index in [1.807, 2.05) is 4.90 Å². The van der Waals surface area contributed by atoms with Crippen LogP contribution in [0.15, 0.2) is 29.6 Å². The summed E-state index contributed by atoms with van der Waals surface area (Å²) in [5.41, 5.74) is 0.404. The zero-order valence-corrected chi connectivity index (χ0v) is 19.3. The summed E-state index contributed by atoms with van der Waals surface area (Å²) in [7, 11) is 0. The van der Waals surface area contributed by atoms with Crippen molar-refractivity contribution in [2.75, 3.05) is 19.7 Å². The topological polar surface area (TPSA) is 80.8 Å². The van der Waals surface area contributed by atoms with Gasteiger partial charge < -0.3 is 19.7 Å². The summed E-state index contributed by atoms with van der Waals surface area (Å²) in [4.78, 5) is 31.2. The number of likely N-dealkylation sites (tertiary alicyclic amines) is 1. The highest BCUT2D eigenvalue weighted by Crippen LogP contribution is 2.36. The predicted octanol–water partition coefficient (Wildman–Crippen LogP) is 4.39. The highest BCUT2D eigenvalue weighted by atomic mass is 32.1. The number of alkyl halides is 3. The number of nitrogens with one attached hydrogen (secondary N) is 1. The Morgan fingerprint density at radius 2 is 1.79 bits per heavy atom. The number of rotatable bonds is 7. The summed E-state index contributed by atoms with van der Waals surface area (Å²) in [6.45, 7) is 1.41. The van der Waals surface area contributed by atoms with Crippen molar-refractivity contribution in [3.63, 3.8) is 0 Å². The van der Waals surface area contributed by atoms with E-state index >= 15 is 0 Å². The van der Waals surface area contributed by atoms with Gasteiger partial charge in [-0.05, 0) is 48.9 Å². The molecule has 11 heteroatoms. The van der Waals surface area contributed by atoms with E-state index in [9.17, 15) is 22.8 Å². The maximum absolute atomic E-state index is 12.9. The molecule has 1 saturated heterocycles. The summed E-state index contributed by atoms with van der Waals surface area (Å²) in [5, 5.41) is 5.00. The molecule has 2 amide bonds. The monoisotopic (exact) mass is 497 g/mol. The van der Waals surface area contributed by atoms with Crippen molar-refractivity contribution in [2.24, 2.45) is 11.8 Å². The van der Waals surface area contributed by atoms with Gasteiger partial charge in [0.15, 0.2) is 6.61 Å². The second kappa shape index (κ2) is 10.6. The molecule has 1 aliphatic carbocycles. The number of hydrogen-bond donors (Lipinski definition) is 1. The fraction of sp³-hybridized carbons (Fsp3) is 0.522. The van der Waals surface area contributed by atoms with Gasteiger partial charge in [0.25, 0.3) is 11.8 Å². The molecule has 1 N–H and O–H groups in total. The quantitative estimate of drug-likeness (QED) is 0.614. The Morgan fingerprint density at radius 1 is 1.09 bits per heavy atom. The molecular weight excluding hydrogens is 471 g/mol. The maximum Gasteiger partial charge on any atom is 0.573 e. The van der Waals surface area contributed by atoms with E-state index in [1.54, 1.807) is 5.38 Å². The molecule has 0 unspecified atom stereocenters. The van der Waals surface area contributed by atoms with Gasteiger partial charge in [-0.2, -0.15) is 0 Å². The Balaban J connectivity index is 1.20. The fourth-order valence-corrected chi connectivity index (χ4v) is 5.26. The number of halogens is 3. The van der Waals surface area contributed by atoms with Crippen LogP contribution in [-0.2, 0) is 11.3 Å². The van der Waals surface area contributed by atoms with Gasteiger partial charge in [-0.25, -0.2) is 4.98 Å². The smallest absolute Gasteiger partial charge is 0.484 e. The van der Waals surface area contributed by atoms with Gasteiger partial charge in [-0.15, -0.1) is 24.5 Å². The van der Waals surface area contributed by atoms with Crippen molar-refractivity contribution in [3.8, 4) is 11.5 Å². The first-order chi connectivity index (χ1) is 16.3. The van der Waals surface area contributed by atoms with Crippen LogP contribution >= 0.6 is 11.3 Å². The van der Waals surface area contributed by atoms with Crippen LogP contribution in [0.3, 0.4) is 0 Å². The van der Waals surface area contributed by atoms with Gasteiger partial charge in [0, 0.05) is 18.5 Å². The molecule has 0 bridgehead atoms. The molecule has 4 rings (SSSR count). The fourth-order valence-electron chi connectivity index (χ4n) is 4.55. The van der Waals surface area contributed by atoms with Crippen LogP contribution in [0.5, 0.6) is 11.5 Å². The molecule has 7 nitrogen and oxygen atoms in total. The SMILES string of the molecule is O=C(COc1ccc(OC(F)(F)F)cc1)NCc1nc(C(=O)N2CC[C@H]3CCCC[C@@H]3C2)cs1. The molecule has 2 aromatic rings. The van der Waals surface area contributed by atoms with E-state index in [0.717, 1.165) is 37.6 Å². The predicted molar refractivity (Wildman–Crippen MR) is 119 cm³/mol. The molecule has 1 saturated carbocycles. The van der Waals surface area contributed by atoms with E-state index in [0.29, 0.717) is 16.6 Å². The third-order valence-corrected chi connectivity index (χ3v) is 7.06. The number of ether oxygens (including phenoxy) is 2. The van der Waals surface area contributed by atoms with E-state index < -0.39 is 12.3 Å². The van der Waals surface area contributed by atoms with Crippen LogP contribution in [0.4, 0.5) is 13.2 Å². The summed E-state index contributed by atoms with van der Waals surface area (Å²) in [6.07, 6.45) is 1.29. The Hall–Kier alpha value is -2.82. The number of amides is 2. The average Bonchev–Trinajstić information content (AvgIpc) is 3.29. The summed E-state index contributed by atoms with van der Waals surface area (Å²) in [6, 6.07) is 4.77. The molecule has 34 heavy (non-hydrogen) atoms. The lowest BCUT2D eigenvalue weighted by molar-refractivity contribution is -0.274. The molecule has 1 aromatic carbocycles. The standard InChI is InChI=1S/C23H26F3N3O4S/c24-23(25,26)33-18-7-5-17(6-8-18)32-13-20(30)27-11-21-28-19(14-34-21)22(31)29-10-9-15-3-1-2-4-16(15)12-29/h5-8,14-16H,1-4,9-13H2,(H,27,30)/t15-,16-/m1/s1. The molecule has 184 valence electrons. The first-order valence-electron chi connectivity index (χ1n) is 11.3.